The van der Waals surface area contributed by atoms with E-state index in [1.165, 1.54) is 17.5 Å². The average molecular weight is 285 g/mol. The van der Waals surface area contributed by atoms with Gasteiger partial charge in [-0.2, -0.15) is 5.10 Å². The molecular formula is C16H19N3O2. The topological polar surface area (TPSA) is 64.0 Å². The fourth-order valence-electron chi connectivity index (χ4n) is 3.01. The Bertz CT molecular complexity index is 730. The summed E-state index contributed by atoms with van der Waals surface area (Å²) in [6, 6.07) is 7.62. The predicted octanol–water partition coefficient (Wildman–Crippen LogP) is 1.53. The van der Waals surface area contributed by atoms with E-state index in [0.717, 1.165) is 18.2 Å². The van der Waals surface area contributed by atoms with Gasteiger partial charge in [-0.3, -0.25) is 9.59 Å². The molecule has 5 heteroatoms. The number of benzene rings is 1. The molecule has 5 nitrogen and oxygen atoms in total. The van der Waals surface area contributed by atoms with Crippen molar-refractivity contribution in [1.82, 2.24) is 15.1 Å². The van der Waals surface area contributed by atoms with Gasteiger partial charge in [-0.25, -0.2) is 4.68 Å². The van der Waals surface area contributed by atoms with Crippen LogP contribution in [0.2, 0.25) is 0 Å². The molecule has 1 aliphatic rings. The monoisotopic (exact) mass is 285 g/mol. The number of rotatable bonds is 3. The number of carbonyl (C=O) groups excluding carboxylic acids is 1. The standard InChI is InChI=1S/C16H19N3O2/c1-19-16(21)13-9-5-4-8-12(13)14(18-19)10-15(20)17-11-6-2-3-7-11/h4-5,8-9,11H,2-3,6-7,10H2,1H3,(H,17,20). The third-order valence-electron chi connectivity index (χ3n) is 4.08. The summed E-state index contributed by atoms with van der Waals surface area (Å²) >= 11 is 0. The summed E-state index contributed by atoms with van der Waals surface area (Å²) in [7, 11) is 1.62. The molecule has 2 aromatic rings. The van der Waals surface area contributed by atoms with Crippen molar-refractivity contribution in [3.8, 4) is 0 Å². The molecule has 110 valence electrons. The Hall–Kier alpha value is -2.17. The number of hydrogen-bond acceptors (Lipinski definition) is 3. The third-order valence-corrected chi connectivity index (χ3v) is 4.08. The molecule has 0 bridgehead atoms. The van der Waals surface area contributed by atoms with Crippen LogP contribution in [0.15, 0.2) is 29.1 Å². The normalized spacial score (nSPS) is 15.5. The van der Waals surface area contributed by atoms with Crippen molar-refractivity contribution < 1.29 is 4.79 Å². The Balaban J connectivity index is 1.88. The summed E-state index contributed by atoms with van der Waals surface area (Å²) < 4.78 is 1.31. The number of carbonyl (C=O) groups is 1. The van der Waals surface area contributed by atoms with Crippen molar-refractivity contribution in [3.63, 3.8) is 0 Å². The molecule has 0 saturated heterocycles. The zero-order valence-corrected chi connectivity index (χ0v) is 12.1. The van der Waals surface area contributed by atoms with Crippen molar-refractivity contribution in [2.24, 2.45) is 7.05 Å². The van der Waals surface area contributed by atoms with E-state index < -0.39 is 0 Å². The highest BCUT2D eigenvalue weighted by Gasteiger charge is 2.18. The zero-order chi connectivity index (χ0) is 14.8. The second kappa shape index (κ2) is 5.68. The molecule has 1 aliphatic carbocycles. The lowest BCUT2D eigenvalue weighted by molar-refractivity contribution is -0.121. The summed E-state index contributed by atoms with van der Waals surface area (Å²) in [5.74, 6) is -0.0156. The van der Waals surface area contributed by atoms with Gasteiger partial charge in [0.15, 0.2) is 0 Å². The number of hydrogen-bond donors (Lipinski definition) is 1. The third kappa shape index (κ3) is 2.82. The highest BCUT2D eigenvalue weighted by molar-refractivity contribution is 5.88. The van der Waals surface area contributed by atoms with E-state index >= 15 is 0 Å². The Morgan fingerprint density at radius 3 is 2.67 bits per heavy atom. The maximum absolute atomic E-state index is 12.2. The Morgan fingerprint density at radius 1 is 1.29 bits per heavy atom. The molecule has 1 saturated carbocycles. The second-order valence-corrected chi connectivity index (χ2v) is 5.65. The molecular weight excluding hydrogens is 266 g/mol. The lowest BCUT2D eigenvalue weighted by Gasteiger charge is -2.12. The van der Waals surface area contributed by atoms with Gasteiger partial charge in [0.2, 0.25) is 5.91 Å². The van der Waals surface area contributed by atoms with E-state index in [1.807, 2.05) is 18.2 Å². The maximum atomic E-state index is 12.2. The van der Waals surface area contributed by atoms with Crippen molar-refractivity contribution in [2.75, 3.05) is 0 Å². The molecule has 0 atom stereocenters. The highest BCUT2D eigenvalue weighted by atomic mass is 16.1. The summed E-state index contributed by atoms with van der Waals surface area (Å²) in [6.45, 7) is 0. The van der Waals surface area contributed by atoms with Crippen molar-refractivity contribution in [3.05, 3.63) is 40.3 Å². The van der Waals surface area contributed by atoms with E-state index in [2.05, 4.69) is 10.4 Å². The molecule has 21 heavy (non-hydrogen) atoms. The van der Waals surface area contributed by atoms with E-state index in [0.29, 0.717) is 17.1 Å². The van der Waals surface area contributed by atoms with Crippen LogP contribution in [0.3, 0.4) is 0 Å². The maximum Gasteiger partial charge on any atom is 0.274 e. The second-order valence-electron chi connectivity index (χ2n) is 5.65. The van der Waals surface area contributed by atoms with Crippen LogP contribution < -0.4 is 10.9 Å². The lowest BCUT2D eigenvalue weighted by atomic mass is 10.1. The van der Waals surface area contributed by atoms with Gasteiger partial charge in [0.25, 0.3) is 5.56 Å². The lowest BCUT2D eigenvalue weighted by Crippen LogP contribution is -2.34. The number of aryl methyl sites for hydroxylation is 1. The van der Waals surface area contributed by atoms with Crippen LogP contribution in [0.4, 0.5) is 0 Å². The average Bonchev–Trinajstić information content (AvgIpc) is 2.97. The highest BCUT2D eigenvalue weighted by Crippen LogP contribution is 2.18. The van der Waals surface area contributed by atoms with Gasteiger partial charge < -0.3 is 5.32 Å². The zero-order valence-electron chi connectivity index (χ0n) is 12.1. The first-order chi connectivity index (χ1) is 10.1. The first-order valence-corrected chi connectivity index (χ1v) is 7.39. The van der Waals surface area contributed by atoms with Crippen LogP contribution >= 0.6 is 0 Å². The number of aromatic nitrogens is 2. The van der Waals surface area contributed by atoms with Gasteiger partial charge in [0.05, 0.1) is 17.5 Å². The quantitative estimate of drug-likeness (QED) is 0.930. The predicted molar refractivity (Wildman–Crippen MR) is 81.1 cm³/mol. The van der Waals surface area contributed by atoms with Crippen LogP contribution in [0.1, 0.15) is 31.4 Å². The van der Waals surface area contributed by atoms with Gasteiger partial charge in [0, 0.05) is 18.5 Å². The fraction of sp³-hybridized carbons (Fsp3) is 0.438. The molecule has 1 amide bonds. The number of amides is 1. The minimum absolute atomic E-state index is 0.0156. The SMILES string of the molecule is Cn1nc(CC(=O)NC2CCCC2)c2ccccc2c1=O. The summed E-state index contributed by atoms with van der Waals surface area (Å²) in [5, 5.41) is 8.69. The molecule has 1 aromatic carbocycles. The molecule has 1 heterocycles. The van der Waals surface area contributed by atoms with Gasteiger partial charge in [0.1, 0.15) is 0 Å². The van der Waals surface area contributed by atoms with Gasteiger partial charge in [-0.1, -0.05) is 31.0 Å². The Kier molecular flexibility index (Phi) is 3.73. The first-order valence-electron chi connectivity index (χ1n) is 7.39. The number of fused-ring (bicyclic) bond motifs is 1. The summed E-state index contributed by atoms with van der Waals surface area (Å²) in [4.78, 5) is 24.2. The summed E-state index contributed by atoms with van der Waals surface area (Å²) in [5.41, 5.74) is 0.522. The van der Waals surface area contributed by atoms with Crippen molar-refractivity contribution in [2.45, 2.75) is 38.1 Å². The molecule has 0 spiro atoms. The number of nitrogens with one attached hydrogen (secondary N) is 1. The van der Waals surface area contributed by atoms with Crippen LogP contribution in [-0.4, -0.2) is 21.7 Å². The van der Waals surface area contributed by atoms with Gasteiger partial charge in [-0.15, -0.1) is 0 Å². The first kappa shape index (κ1) is 13.8. The van der Waals surface area contributed by atoms with Crippen LogP contribution in [0.5, 0.6) is 0 Å². The van der Waals surface area contributed by atoms with Crippen LogP contribution in [0, 0.1) is 0 Å². The van der Waals surface area contributed by atoms with Crippen LogP contribution in [-0.2, 0) is 18.3 Å². The molecule has 0 unspecified atom stereocenters. The van der Waals surface area contributed by atoms with Crippen molar-refractivity contribution >= 4 is 16.7 Å². The van der Waals surface area contributed by atoms with Crippen molar-refractivity contribution in [1.29, 1.82) is 0 Å². The fourth-order valence-corrected chi connectivity index (χ4v) is 3.01. The van der Waals surface area contributed by atoms with E-state index in [9.17, 15) is 9.59 Å². The molecule has 3 rings (SSSR count). The molecule has 1 fully saturated rings. The molecule has 1 N–H and O–H groups in total. The van der Waals surface area contributed by atoms with Crippen LogP contribution in [0.25, 0.3) is 10.8 Å². The van der Waals surface area contributed by atoms with E-state index in [1.54, 1.807) is 13.1 Å². The van der Waals surface area contributed by atoms with Gasteiger partial charge >= 0.3 is 0 Å². The van der Waals surface area contributed by atoms with E-state index in [4.69, 9.17) is 0 Å². The molecule has 0 radical (unpaired) electrons. The van der Waals surface area contributed by atoms with Gasteiger partial charge in [-0.05, 0) is 18.9 Å². The minimum Gasteiger partial charge on any atom is -0.353 e. The molecule has 1 aromatic heterocycles. The largest absolute Gasteiger partial charge is 0.353 e. The Morgan fingerprint density at radius 2 is 1.95 bits per heavy atom. The number of nitrogens with zero attached hydrogens (tertiary/aromatic N) is 2. The Labute approximate surface area is 123 Å². The van der Waals surface area contributed by atoms with E-state index in [-0.39, 0.29) is 17.9 Å². The molecule has 0 aliphatic heterocycles. The summed E-state index contributed by atoms with van der Waals surface area (Å²) in [6.07, 6.45) is 4.71. The smallest absolute Gasteiger partial charge is 0.274 e. The minimum atomic E-state index is -0.134.